The molecule has 3 atom stereocenters. The van der Waals surface area contributed by atoms with Crippen LogP contribution in [-0.2, 0) is 0 Å². The molecule has 0 saturated carbocycles. The molecule has 0 aliphatic carbocycles. The molecule has 2 unspecified atom stereocenters. The van der Waals surface area contributed by atoms with Gasteiger partial charge in [-0.3, -0.25) is 0 Å². The molecule has 1 N–H and O–H groups in total. The Balaban J connectivity index is 1.28. The number of likely N-dealkylation sites (tertiary alicyclic amines) is 1. The third kappa shape index (κ3) is 5.76. The highest BCUT2D eigenvalue weighted by molar-refractivity contribution is 5.85. The van der Waals surface area contributed by atoms with Crippen LogP contribution in [0.3, 0.4) is 0 Å². The maximum Gasteiger partial charge on any atom is 0.407 e. The number of hydrogen-bond acceptors (Lipinski definition) is 7. The molecule has 5 aromatic heterocycles. The van der Waals surface area contributed by atoms with Gasteiger partial charge in [-0.1, -0.05) is 26.8 Å². The van der Waals surface area contributed by atoms with Crippen LogP contribution >= 0.6 is 0 Å². The van der Waals surface area contributed by atoms with Crippen molar-refractivity contribution in [2.24, 2.45) is 5.41 Å². The number of fused-ring (bicyclic) bond motifs is 1. The van der Waals surface area contributed by atoms with Crippen molar-refractivity contribution in [3.05, 3.63) is 90.0 Å². The van der Waals surface area contributed by atoms with Crippen molar-refractivity contribution in [1.29, 1.82) is 5.26 Å². The van der Waals surface area contributed by atoms with Crippen molar-refractivity contribution in [2.45, 2.75) is 58.5 Å². The van der Waals surface area contributed by atoms with Crippen molar-refractivity contribution in [3.63, 3.8) is 0 Å². The van der Waals surface area contributed by atoms with E-state index in [9.17, 15) is 19.6 Å². The monoisotopic (exact) mass is 621 g/mol. The predicted octanol–water partition coefficient (Wildman–Crippen LogP) is 6.46. The first-order valence-corrected chi connectivity index (χ1v) is 15.2. The molecule has 0 spiro atoms. The summed E-state index contributed by atoms with van der Waals surface area (Å²) in [6, 6.07) is 11.9. The molecule has 1 aliphatic rings. The summed E-state index contributed by atoms with van der Waals surface area (Å²) in [6.45, 7) is 8.75. The Morgan fingerprint density at radius 3 is 2.52 bits per heavy atom. The van der Waals surface area contributed by atoms with Crippen LogP contribution in [0.4, 0.5) is 15.0 Å². The van der Waals surface area contributed by atoms with Gasteiger partial charge in [-0.05, 0) is 66.5 Å². The number of carbonyl (C=O) groups is 1. The van der Waals surface area contributed by atoms with Gasteiger partial charge in [0.2, 0.25) is 0 Å². The van der Waals surface area contributed by atoms with E-state index in [1.807, 2.05) is 42.5 Å². The molecule has 6 rings (SSSR count). The Morgan fingerprint density at radius 1 is 1.11 bits per heavy atom. The van der Waals surface area contributed by atoms with E-state index >= 15 is 0 Å². The second-order valence-corrected chi connectivity index (χ2v) is 13.0. The highest BCUT2D eigenvalue weighted by atomic mass is 19.1. The van der Waals surface area contributed by atoms with Gasteiger partial charge in [-0.2, -0.15) is 15.5 Å². The second-order valence-electron chi connectivity index (χ2n) is 13.0. The van der Waals surface area contributed by atoms with E-state index in [-0.39, 0.29) is 23.4 Å². The molecular weight excluding hydrogens is 585 g/mol. The molecule has 1 amide bonds. The fourth-order valence-corrected chi connectivity index (χ4v) is 6.37. The fraction of sp³-hybridized carbons (Fsp3) is 0.353. The van der Waals surface area contributed by atoms with E-state index in [0.29, 0.717) is 36.3 Å². The molecule has 11 nitrogen and oxygen atoms in total. The van der Waals surface area contributed by atoms with Gasteiger partial charge < -0.3 is 14.9 Å². The number of nitrogens with zero attached hydrogens (tertiary/aromatic N) is 9. The van der Waals surface area contributed by atoms with Crippen LogP contribution in [0.2, 0.25) is 0 Å². The summed E-state index contributed by atoms with van der Waals surface area (Å²) in [5.74, 6) is 0.985. The zero-order valence-electron chi connectivity index (χ0n) is 26.5. The fourth-order valence-electron chi connectivity index (χ4n) is 6.37. The first-order chi connectivity index (χ1) is 21.9. The lowest BCUT2D eigenvalue weighted by atomic mass is 9.75. The lowest BCUT2D eigenvalue weighted by molar-refractivity contribution is 0.0525. The maximum absolute atomic E-state index is 13.4. The number of piperidine rings is 1. The summed E-state index contributed by atoms with van der Waals surface area (Å²) in [7, 11) is 1.96. The van der Waals surface area contributed by atoms with E-state index < -0.39 is 11.9 Å². The molecule has 46 heavy (non-hydrogen) atoms. The Hall–Kier alpha value is -5.31. The molecule has 5 aromatic rings. The zero-order chi connectivity index (χ0) is 32.7. The minimum Gasteiger partial charge on any atom is -0.465 e. The normalized spacial score (nSPS) is 17.5. The number of halogens is 1. The SMILES string of the molecule is CC(c1ccc(-n2cc(F)cn2)nc1)N(C)c1ccc(-c2cc(C3CCN(C(=O)O)[C@H](C(C)(C)C)C3)cn3ncc(C#N)c23)cn1. The number of rotatable bonds is 6. The number of pyridine rings is 3. The lowest BCUT2D eigenvalue weighted by Crippen LogP contribution is -2.51. The summed E-state index contributed by atoms with van der Waals surface area (Å²) >= 11 is 0. The average Bonchev–Trinajstić information content (AvgIpc) is 3.69. The third-order valence-corrected chi connectivity index (χ3v) is 9.11. The zero-order valence-corrected chi connectivity index (χ0v) is 26.5. The quantitative estimate of drug-likeness (QED) is 0.229. The third-order valence-electron chi connectivity index (χ3n) is 9.11. The van der Waals surface area contributed by atoms with Crippen LogP contribution in [0, 0.1) is 22.6 Å². The van der Waals surface area contributed by atoms with Gasteiger partial charge in [-0.15, -0.1) is 0 Å². The molecular formula is C34H36FN9O2. The summed E-state index contributed by atoms with van der Waals surface area (Å²) in [5, 5.41) is 28.2. The van der Waals surface area contributed by atoms with Gasteiger partial charge in [0.1, 0.15) is 11.9 Å². The molecule has 1 fully saturated rings. The average molecular weight is 622 g/mol. The van der Waals surface area contributed by atoms with Crippen LogP contribution in [0.15, 0.2) is 67.5 Å². The molecule has 6 heterocycles. The Morgan fingerprint density at radius 2 is 1.91 bits per heavy atom. The molecule has 0 aromatic carbocycles. The Bertz CT molecular complexity index is 1920. The van der Waals surface area contributed by atoms with E-state index in [2.05, 4.69) is 55.0 Å². The van der Waals surface area contributed by atoms with E-state index in [1.54, 1.807) is 27.9 Å². The van der Waals surface area contributed by atoms with E-state index in [4.69, 9.17) is 4.98 Å². The molecule has 0 radical (unpaired) electrons. The van der Waals surface area contributed by atoms with Gasteiger partial charge in [0.05, 0.1) is 35.7 Å². The standard InChI is InChI=1S/C34H36FN9O2/c1-21(23-6-9-31(38-15-23)43-20-27(35)18-40-43)41(5)30-8-7-24(16-37-30)28-12-25(19-44-32(28)26(14-36)17-39-44)22-10-11-42(33(45)46)29(13-22)34(2,3)4/h6-9,12,15-22,29H,10-11,13H2,1-5H3,(H,45,46)/t21?,22?,29-/m0/s1. The Labute approximate surface area is 266 Å². The van der Waals surface area contributed by atoms with Crippen LogP contribution in [-0.4, -0.2) is 65.1 Å². The lowest BCUT2D eigenvalue weighted by Gasteiger charge is -2.44. The predicted molar refractivity (Wildman–Crippen MR) is 171 cm³/mol. The minimum absolute atomic E-state index is 0.0586. The van der Waals surface area contributed by atoms with Gasteiger partial charge in [0.25, 0.3) is 0 Å². The first-order valence-electron chi connectivity index (χ1n) is 15.2. The van der Waals surface area contributed by atoms with Gasteiger partial charge in [-0.25, -0.2) is 28.4 Å². The number of amides is 1. The summed E-state index contributed by atoms with van der Waals surface area (Å²) in [4.78, 5) is 24.9. The largest absolute Gasteiger partial charge is 0.465 e. The smallest absolute Gasteiger partial charge is 0.407 e. The van der Waals surface area contributed by atoms with E-state index in [1.165, 1.54) is 10.9 Å². The number of anilines is 1. The molecule has 1 aliphatic heterocycles. The molecule has 236 valence electrons. The highest BCUT2D eigenvalue weighted by Gasteiger charge is 2.39. The van der Waals surface area contributed by atoms with Gasteiger partial charge in [0.15, 0.2) is 11.6 Å². The van der Waals surface area contributed by atoms with Crippen LogP contribution < -0.4 is 4.90 Å². The van der Waals surface area contributed by atoms with Crippen molar-refractivity contribution >= 4 is 17.4 Å². The van der Waals surface area contributed by atoms with Crippen LogP contribution in [0.25, 0.3) is 22.5 Å². The molecule has 1 saturated heterocycles. The first kappa shape index (κ1) is 30.7. The second kappa shape index (κ2) is 11.9. The van der Waals surface area contributed by atoms with E-state index in [0.717, 1.165) is 34.3 Å². The van der Waals surface area contributed by atoms with Crippen molar-refractivity contribution in [2.75, 3.05) is 18.5 Å². The number of aromatic nitrogens is 6. The molecule has 0 bridgehead atoms. The van der Waals surface area contributed by atoms with Gasteiger partial charge in [0, 0.05) is 49.4 Å². The topological polar surface area (TPSA) is 128 Å². The van der Waals surface area contributed by atoms with Crippen molar-refractivity contribution in [1.82, 2.24) is 34.3 Å². The van der Waals surface area contributed by atoms with Gasteiger partial charge >= 0.3 is 6.09 Å². The summed E-state index contributed by atoms with van der Waals surface area (Å²) in [6.07, 6.45) is 10.0. The minimum atomic E-state index is -0.884. The Kier molecular flexibility index (Phi) is 7.94. The van der Waals surface area contributed by atoms with Crippen molar-refractivity contribution < 1.29 is 14.3 Å². The van der Waals surface area contributed by atoms with Crippen LogP contribution in [0.5, 0.6) is 0 Å². The summed E-state index contributed by atoms with van der Waals surface area (Å²) < 4.78 is 16.5. The number of hydrogen-bond donors (Lipinski definition) is 1. The number of nitriles is 1. The van der Waals surface area contributed by atoms with Crippen molar-refractivity contribution in [3.8, 4) is 23.0 Å². The maximum atomic E-state index is 13.4. The molecule has 12 heteroatoms. The highest BCUT2D eigenvalue weighted by Crippen LogP contribution is 2.41. The number of carboxylic acid groups (broad SMARTS) is 1. The summed E-state index contributed by atoms with van der Waals surface area (Å²) in [5.41, 5.74) is 4.67. The van der Waals surface area contributed by atoms with Crippen LogP contribution in [0.1, 0.15) is 69.2 Å².